The minimum atomic E-state index is -0.910. The van der Waals surface area contributed by atoms with Gasteiger partial charge >= 0.3 is 5.97 Å². The second kappa shape index (κ2) is 7.85. The molecular weight excluding hydrogens is 371 g/mol. The highest BCUT2D eigenvalue weighted by Gasteiger charge is 2.26. The van der Waals surface area contributed by atoms with Gasteiger partial charge in [0.2, 0.25) is 0 Å². The molecule has 0 spiro atoms. The zero-order chi connectivity index (χ0) is 17.0. The predicted molar refractivity (Wildman–Crippen MR) is 84.9 cm³/mol. The number of amides is 1. The molecule has 1 aromatic rings. The minimum absolute atomic E-state index is 0.0846. The standard InChI is InChI=1S/C15H18BrFN2O4/c1-18(9-14(20)21)7-11-8-19(4-5-23-11)15(22)10-2-3-13(17)12(16)6-10/h2-3,6,11H,4-5,7-9H2,1H3,(H,20,21). The molecule has 23 heavy (non-hydrogen) atoms. The van der Waals surface area contributed by atoms with Crippen LogP contribution in [-0.2, 0) is 9.53 Å². The summed E-state index contributed by atoms with van der Waals surface area (Å²) in [6.07, 6.45) is -0.249. The van der Waals surface area contributed by atoms with Crippen LogP contribution >= 0.6 is 15.9 Å². The summed E-state index contributed by atoms with van der Waals surface area (Å²) in [6, 6.07) is 4.15. The van der Waals surface area contributed by atoms with Gasteiger partial charge in [-0.1, -0.05) is 0 Å². The molecule has 1 fully saturated rings. The van der Waals surface area contributed by atoms with Crippen LogP contribution < -0.4 is 0 Å². The molecule has 1 N–H and O–H groups in total. The average molecular weight is 389 g/mol. The zero-order valence-electron chi connectivity index (χ0n) is 12.7. The van der Waals surface area contributed by atoms with E-state index in [-0.39, 0.29) is 23.0 Å². The largest absolute Gasteiger partial charge is 0.480 e. The van der Waals surface area contributed by atoms with Crippen LogP contribution in [0.25, 0.3) is 0 Å². The van der Waals surface area contributed by atoms with Crippen LogP contribution in [0, 0.1) is 5.82 Å². The van der Waals surface area contributed by atoms with Gasteiger partial charge in [-0.15, -0.1) is 0 Å². The Morgan fingerprint density at radius 2 is 2.26 bits per heavy atom. The number of carboxylic acids is 1. The lowest BCUT2D eigenvalue weighted by atomic mass is 10.1. The van der Waals surface area contributed by atoms with Gasteiger partial charge in [-0.25, -0.2) is 4.39 Å². The summed E-state index contributed by atoms with van der Waals surface area (Å²) in [5.41, 5.74) is 0.401. The van der Waals surface area contributed by atoms with Gasteiger partial charge in [0.05, 0.1) is 23.7 Å². The number of hydrogen-bond acceptors (Lipinski definition) is 4. The van der Waals surface area contributed by atoms with Crippen molar-refractivity contribution in [1.29, 1.82) is 0 Å². The summed E-state index contributed by atoms with van der Waals surface area (Å²) in [5.74, 6) is -1.52. The first kappa shape index (κ1) is 17.8. The van der Waals surface area contributed by atoms with Crippen molar-refractivity contribution in [1.82, 2.24) is 9.80 Å². The van der Waals surface area contributed by atoms with Crippen LogP contribution in [0.15, 0.2) is 22.7 Å². The summed E-state index contributed by atoms with van der Waals surface area (Å²) in [7, 11) is 1.69. The molecule has 1 aromatic carbocycles. The van der Waals surface area contributed by atoms with Gasteiger partial charge in [0.25, 0.3) is 5.91 Å². The summed E-state index contributed by atoms with van der Waals surface area (Å²) in [6.45, 7) is 1.55. The number of nitrogens with zero attached hydrogens (tertiary/aromatic N) is 2. The number of rotatable bonds is 5. The molecule has 1 atom stereocenters. The highest BCUT2D eigenvalue weighted by molar-refractivity contribution is 9.10. The van der Waals surface area contributed by atoms with E-state index in [0.717, 1.165) is 0 Å². The normalized spacial score (nSPS) is 18.3. The van der Waals surface area contributed by atoms with Crippen LogP contribution in [0.3, 0.4) is 0 Å². The van der Waals surface area contributed by atoms with Crippen molar-refractivity contribution < 1.29 is 23.8 Å². The van der Waals surface area contributed by atoms with Crippen molar-refractivity contribution in [2.45, 2.75) is 6.10 Å². The number of carbonyl (C=O) groups is 2. The van der Waals surface area contributed by atoms with Crippen LogP contribution in [0.4, 0.5) is 4.39 Å². The summed E-state index contributed by atoms with van der Waals surface area (Å²) in [5, 5.41) is 8.77. The Labute approximate surface area is 141 Å². The molecule has 0 aliphatic carbocycles. The molecule has 0 aromatic heterocycles. The van der Waals surface area contributed by atoms with Crippen molar-refractivity contribution >= 4 is 27.8 Å². The second-order valence-electron chi connectivity index (χ2n) is 5.46. The number of halogens is 2. The van der Waals surface area contributed by atoms with Crippen molar-refractivity contribution in [2.24, 2.45) is 0 Å². The van der Waals surface area contributed by atoms with Crippen LogP contribution in [0.1, 0.15) is 10.4 Å². The van der Waals surface area contributed by atoms with Crippen molar-refractivity contribution in [2.75, 3.05) is 39.8 Å². The smallest absolute Gasteiger partial charge is 0.317 e. The maximum absolute atomic E-state index is 13.3. The SMILES string of the molecule is CN(CC(=O)O)CC1CN(C(=O)c2ccc(F)c(Br)c2)CCO1. The number of hydrogen-bond donors (Lipinski definition) is 1. The molecule has 0 radical (unpaired) electrons. The average Bonchev–Trinajstić information content (AvgIpc) is 2.48. The number of carboxylic acid groups (broad SMARTS) is 1. The first-order chi connectivity index (χ1) is 10.9. The highest BCUT2D eigenvalue weighted by Crippen LogP contribution is 2.19. The topological polar surface area (TPSA) is 70.1 Å². The second-order valence-corrected chi connectivity index (χ2v) is 6.32. The number of ether oxygens (including phenoxy) is 1. The van der Waals surface area contributed by atoms with E-state index in [1.54, 1.807) is 16.8 Å². The molecule has 1 heterocycles. The fourth-order valence-electron chi connectivity index (χ4n) is 2.47. The molecule has 2 rings (SSSR count). The summed E-state index contributed by atoms with van der Waals surface area (Å²) < 4.78 is 19.1. The Bertz CT molecular complexity index is 599. The maximum Gasteiger partial charge on any atom is 0.317 e. The maximum atomic E-state index is 13.3. The molecule has 126 valence electrons. The van der Waals surface area contributed by atoms with Crippen LogP contribution in [0.5, 0.6) is 0 Å². The van der Waals surface area contributed by atoms with E-state index in [1.165, 1.54) is 18.2 Å². The fraction of sp³-hybridized carbons (Fsp3) is 0.467. The third kappa shape index (κ3) is 4.98. The lowest BCUT2D eigenvalue weighted by Gasteiger charge is -2.34. The van der Waals surface area contributed by atoms with Gasteiger partial charge in [0, 0.05) is 25.2 Å². The van der Waals surface area contributed by atoms with E-state index in [2.05, 4.69) is 15.9 Å². The van der Waals surface area contributed by atoms with Gasteiger partial charge < -0.3 is 14.7 Å². The van der Waals surface area contributed by atoms with Gasteiger partial charge in [-0.2, -0.15) is 0 Å². The van der Waals surface area contributed by atoms with Crippen molar-refractivity contribution in [3.05, 3.63) is 34.1 Å². The third-order valence-electron chi connectivity index (χ3n) is 3.51. The Morgan fingerprint density at radius 3 is 2.91 bits per heavy atom. The molecule has 6 nitrogen and oxygen atoms in total. The van der Waals surface area contributed by atoms with Gasteiger partial charge in [0.15, 0.2) is 0 Å². The zero-order valence-corrected chi connectivity index (χ0v) is 14.3. The number of benzene rings is 1. The molecule has 0 bridgehead atoms. The van der Waals surface area contributed by atoms with Crippen molar-refractivity contribution in [3.8, 4) is 0 Å². The molecule has 1 amide bonds. The van der Waals surface area contributed by atoms with Gasteiger partial charge in [0.1, 0.15) is 5.82 Å². The monoisotopic (exact) mass is 388 g/mol. The Kier molecular flexibility index (Phi) is 6.09. The number of aliphatic carboxylic acids is 1. The lowest BCUT2D eigenvalue weighted by molar-refractivity contribution is -0.138. The van der Waals surface area contributed by atoms with E-state index in [1.807, 2.05) is 0 Å². The molecular formula is C15H18BrFN2O4. The number of carbonyl (C=O) groups excluding carboxylic acids is 1. The summed E-state index contributed by atoms with van der Waals surface area (Å²) in [4.78, 5) is 26.5. The molecule has 1 aliphatic rings. The Hall–Kier alpha value is -1.51. The minimum Gasteiger partial charge on any atom is -0.480 e. The van der Waals surface area contributed by atoms with Crippen molar-refractivity contribution in [3.63, 3.8) is 0 Å². The molecule has 1 unspecified atom stereocenters. The first-order valence-corrected chi connectivity index (χ1v) is 7.92. The first-order valence-electron chi connectivity index (χ1n) is 7.13. The van der Waals surface area contributed by atoms with Gasteiger partial charge in [-0.3, -0.25) is 14.5 Å². The van der Waals surface area contributed by atoms with E-state index in [9.17, 15) is 14.0 Å². The molecule has 1 saturated heterocycles. The van der Waals surface area contributed by atoms with E-state index in [0.29, 0.717) is 31.8 Å². The van der Waals surface area contributed by atoms with E-state index >= 15 is 0 Å². The van der Waals surface area contributed by atoms with Gasteiger partial charge in [-0.05, 0) is 41.2 Å². The lowest BCUT2D eigenvalue weighted by Crippen LogP contribution is -2.49. The van der Waals surface area contributed by atoms with Crippen LogP contribution in [-0.4, -0.2) is 72.7 Å². The molecule has 1 aliphatic heterocycles. The highest BCUT2D eigenvalue weighted by atomic mass is 79.9. The fourth-order valence-corrected chi connectivity index (χ4v) is 2.85. The number of likely N-dealkylation sites (N-methyl/N-ethyl adjacent to an activating group) is 1. The Morgan fingerprint density at radius 1 is 1.52 bits per heavy atom. The predicted octanol–water partition coefficient (Wildman–Crippen LogP) is 1.45. The molecule has 0 saturated carbocycles. The number of morpholine rings is 1. The molecule has 8 heteroatoms. The Balaban J connectivity index is 1.98. The van der Waals surface area contributed by atoms with E-state index in [4.69, 9.17) is 9.84 Å². The third-order valence-corrected chi connectivity index (χ3v) is 4.12. The quantitative estimate of drug-likeness (QED) is 0.826. The van der Waals surface area contributed by atoms with Crippen LogP contribution in [0.2, 0.25) is 0 Å². The summed E-state index contributed by atoms with van der Waals surface area (Å²) >= 11 is 3.07. The van der Waals surface area contributed by atoms with E-state index < -0.39 is 11.8 Å².